The van der Waals surface area contributed by atoms with E-state index >= 15 is 0 Å². The standard InChI is InChI=1S/C17H19ClFN5OS/c18-13-9-11(19)3-6-14(13)20-15(25)10-26-17-22-21-16(23-7-1-2-8-23)24(17)12-4-5-12/h3,6,9,12H,1-2,4-5,7-8,10H2,(H,20,25). The Hall–Kier alpha value is -1.80. The second kappa shape index (κ2) is 7.44. The zero-order chi connectivity index (χ0) is 18.1. The van der Waals surface area contributed by atoms with E-state index in [-0.39, 0.29) is 16.7 Å². The number of amides is 1. The predicted octanol–water partition coefficient (Wildman–Crippen LogP) is 3.74. The zero-order valence-corrected chi connectivity index (χ0v) is 15.7. The maximum Gasteiger partial charge on any atom is 0.234 e. The molecule has 2 heterocycles. The summed E-state index contributed by atoms with van der Waals surface area (Å²) >= 11 is 7.31. The smallest absolute Gasteiger partial charge is 0.234 e. The van der Waals surface area contributed by atoms with E-state index in [4.69, 9.17) is 11.6 Å². The van der Waals surface area contributed by atoms with Crippen LogP contribution in [0, 0.1) is 5.82 Å². The van der Waals surface area contributed by atoms with E-state index in [1.54, 1.807) is 0 Å². The summed E-state index contributed by atoms with van der Waals surface area (Å²) in [5.74, 6) is 0.471. The largest absolute Gasteiger partial charge is 0.341 e. The first-order chi connectivity index (χ1) is 12.6. The molecule has 9 heteroatoms. The summed E-state index contributed by atoms with van der Waals surface area (Å²) in [7, 11) is 0. The first-order valence-corrected chi connectivity index (χ1v) is 10.1. The van der Waals surface area contributed by atoms with Crippen LogP contribution in [0.5, 0.6) is 0 Å². The van der Waals surface area contributed by atoms with Gasteiger partial charge in [0.1, 0.15) is 5.82 Å². The minimum atomic E-state index is -0.436. The van der Waals surface area contributed by atoms with Gasteiger partial charge in [-0.05, 0) is 43.9 Å². The second-order valence-electron chi connectivity index (χ2n) is 6.54. The topological polar surface area (TPSA) is 63.1 Å². The van der Waals surface area contributed by atoms with Crippen molar-refractivity contribution in [1.82, 2.24) is 14.8 Å². The van der Waals surface area contributed by atoms with Gasteiger partial charge >= 0.3 is 0 Å². The lowest BCUT2D eigenvalue weighted by atomic mass is 10.3. The molecule has 1 N–H and O–H groups in total. The van der Waals surface area contributed by atoms with Gasteiger partial charge in [0.25, 0.3) is 0 Å². The normalized spacial score (nSPS) is 16.9. The van der Waals surface area contributed by atoms with Gasteiger partial charge in [0.05, 0.1) is 16.5 Å². The van der Waals surface area contributed by atoms with Gasteiger partial charge in [-0.15, -0.1) is 10.2 Å². The molecule has 2 fully saturated rings. The average molecular weight is 396 g/mol. The van der Waals surface area contributed by atoms with E-state index < -0.39 is 5.82 Å². The molecule has 0 unspecified atom stereocenters. The van der Waals surface area contributed by atoms with Gasteiger partial charge in [-0.3, -0.25) is 9.36 Å². The Kier molecular flexibility index (Phi) is 5.04. The molecule has 1 aliphatic heterocycles. The Morgan fingerprint density at radius 1 is 1.31 bits per heavy atom. The van der Waals surface area contributed by atoms with Crippen LogP contribution in [-0.2, 0) is 4.79 Å². The number of thioether (sulfide) groups is 1. The molecule has 2 aliphatic rings. The van der Waals surface area contributed by atoms with Crippen molar-refractivity contribution in [2.45, 2.75) is 36.9 Å². The number of carbonyl (C=O) groups is 1. The Morgan fingerprint density at radius 2 is 2.08 bits per heavy atom. The summed E-state index contributed by atoms with van der Waals surface area (Å²) in [5, 5.41) is 12.3. The van der Waals surface area contributed by atoms with Crippen molar-refractivity contribution in [2.24, 2.45) is 0 Å². The fourth-order valence-electron chi connectivity index (χ4n) is 3.06. The number of halogens is 2. The van der Waals surface area contributed by atoms with Gasteiger partial charge in [-0.2, -0.15) is 0 Å². The number of nitrogens with zero attached hydrogens (tertiary/aromatic N) is 4. The van der Waals surface area contributed by atoms with Crippen molar-refractivity contribution < 1.29 is 9.18 Å². The third-order valence-electron chi connectivity index (χ3n) is 4.49. The summed E-state index contributed by atoms with van der Waals surface area (Å²) in [6.45, 7) is 2.03. The number of rotatable bonds is 6. The van der Waals surface area contributed by atoms with E-state index in [2.05, 4.69) is 25.0 Å². The van der Waals surface area contributed by atoms with Crippen molar-refractivity contribution in [3.05, 3.63) is 29.0 Å². The molecule has 1 amide bonds. The molecule has 0 spiro atoms. The van der Waals surface area contributed by atoms with E-state index in [9.17, 15) is 9.18 Å². The van der Waals surface area contributed by atoms with Crippen molar-refractivity contribution >= 4 is 40.9 Å². The Labute approximate surface area is 160 Å². The van der Waals surface area contributed by atoms with Crippen LogP contribution in [0.25, 0.3) is 0 Å². The highest BCUT2D eigenvalue weighted by atomic mass is 35.5. The van der Waals surface area contributed by atoms with E-state index in [0.717, 1.165) is 37.0 Å². The maximum absolute atomic E-state index is 13.1. The summed E-state index contributed by atoms with van der Waals surface area (Å²) in [6.07, 6.45) is 4.62. The molecule has 1 aliphatic carbocycles. The van der Waals surface area contributed by atoms with Crippen molar-refractivity contribution in [3.63, 3.8) is 0 Å². The number of aromatic nitrogens is 3. The molecule has 6 nitrogen and oxygen atoms in total. The third kappa shape index (κ3) is 3.81. The molecule has 1 saturated heterocycles. The molecule has 1 aromatic carbocycles. The quantitative estimate of drug-likeness (QED) is 0.755. The van der Waals surface area contributed by atoms with E-state index in [1.165, 1.54) is 42.8 Å². The number of hydrogen-bond donors (Lipinski definition) is 1. The first kappa shape index (κ1) is 17.6. The molecule has 2 aromatic rings. The molecule has 1 aromatic heterocycles. The Balaban J connectivity index is 1.42. The number of anilines is 2. The van der Waals surface area contributed by atoms with Crippen LogP contribution in [0.2, 0.25) is 5.02 Å². The highest BCUT2D eigenvalue weighted by Gasteiger charge is 2.32. The highest BCUT2D eigenvalue weighted by molar-refractivity contribution is 7.99. The van der Waals surface area contributed by atoms with Crippen LogP contribution in [0.3, 0.4) is 0 Å². The lowest BCUT2D eigenvalue weighted by Gasteiger charge is -2.17. The molecule has 0 radical (unpaired) electrons. The van der Waals surface area contributed by atoms with Crippen LogP contribution in [0.15, 0.2) is 23.4 Å². The number of carbonyl (C=O) groups excluding carboxylic acids is 1. The molecule has 4 rings (SSSR count). The lowest BCUT2D eigenvalue weighted by Crippen LogP contribution is -2.22. The van der Waals surface area contributed by atoms with E-state index in [0.29, 0.717) is 11.7 Å². The number of benzene rings is 1. The third-order valence-corrected chi connectivity index (χ3v) is 5.74. The molecule has 0 atom stereocenters. The first-order valence-electron chi connectivity index (χ1n) is 8.69. The fourth-order valence-corrected chi connectivity index (χ4v) is 4.08. The molecular weight excluding hydrogens is 377 g/mol. The van der Waals surface area contributed by atoms with Gasteiger partial charge in [0, 0.05) is 19.1 Å². The Bertz CT molecular complexity index is 819. The molecule has 26 heavy (non-hydrogen) atoms. The zero-order valence-electron chi connectivity index (χ0n) is 14.1. The lowest BCUT2D eigenvalue weighted by molar-refractivity contribution is -0.113. The van der Waals surface area contributed by atoms with E-state index in [1.807, 2.05) is 0 Å². The number of hydrogen-bond acceptors (Lipinski definition) is 5. The monoisotopic (exact) mass is 395 g/mol. The molecular formula is C17H19ClFN5OS. The molecule has 138 valence electrons. The molecule has 1 saturated carbocycles. The van der Waals surface area contributed by atoms with Crippen LogP contribution < -0.4 is 10.2 Å². The van der Waals surface area contributed by atoms with Crippen LogP contribution in [0.1, 0.15) is 31.7 Å². The summed E-state index contributed by atoms with van der Waals surface area (Å²) in [5.41, 5.74) is 0.403. The average Bonchev–Trinajstić information content (AvgIpc) is 3.14. The predicted molar refractivity (Wildman–Crippen MR) is 101 cm³/mol. The van der Waals surface area contributed by atoms with Crippen molar-refractivity contribution in [2.75, 3.05) is 29.1 Å². The van der Waals surface area contributed by atoms with Crippen molar-refractivity contribution in [1.29, 1.82) is 0 Å². The van der Waals surface area contributed by atoms with Gasteiger partial charge in [-0.1, -0.05) is 23.4 Å². The fraction of sp³-hybridized carbons (Fsp3) is 0.471. The SMILES string of the molecule is O=C(CSc1nnc(N2CCCC2)n1C1CC1)Nc1ccc(F)cc1Cl. The maximum atomic E-state index is 13.1. The number of nitrogens with one attached hydrogen (secondary N) is 1. The van der Waals surface area contributed by atoms with Gasteiger partial charge < -0.3 is 10.2 Å². The van der Waals surface area contributed by atoms with Gasteiger partial charge in [0.15, 0.2) is 5.16 Å². The minimum Gasteiger partial charge on any atom is -0.341 e. The Morgan fingerprint density at radius 3 is 2.77 bits per heavy atom. The van der Waals surface area contributed by atoms with Gasteiger partial charge in [0.2, 0.25) is 11.9 Å². The minimum absolute atomic E-state index is 0.181. The summed E-state index contributed by atoms with van der Waals surface area (Å²) in [6, 6.07) is 4.34. The van der Waals surface area contributed by atoms with Crippen LogP contribution >= 0.6 is 23.4 Å². The molecule has 0 bridgehead atoms. The summed E-state index contributed by atoms with van der Waals surface area (Å²) in [4.78, 5) is 14.5. The van der Waals surface area contributed by atoms with Crippen LogP contribution in [0.4, 0.5) is 16.0 Å². The van der Waals surface area contributed by atoms with Gasteiger partial charge in [-0.25, -0.2) is 4.39 Å². The van der Waals surface area contributed by atoms with Crippen LogP contribution in [-0.4, -0.2) is 39.5 Å². The summed E-state index contributed by atoms with van der Waals surface area (Å²) < 4.78 is 15.3. The van der Waals surface area contributed by atoms with Crippen molar-refractivity contribution in [3.8, 4) is 0 Å². The highest BCUT2D eigenvalue weighted by Crippen LogP contribution is 2.41. The second-order valence-corrected chi connectivity index (χ2v) is 7.89.